The summed E-state index contributed by atoms with van der Waals surface area (Å²) in [6.07, 6.45) is 2.01. The highest BCUT2D eigenvalue weighted by Gasteiger charge is 2.28. The van der Waals surface area contributed by atoms with Crippen molar-refractivity contribution in [2.24, 2.45) is 11.5 Å². The monoisotopic (exact) mass is 379 g/mol. The first kappa shape index (κ1) is 23.3. The Kier molecular flexibility index (Phi) is 10.7. The first-order valence-electron chi connectivity index (χ1n) is 7.98. The lowest BCUT2D eigenvalue weighted by molar-refractivity contribution is -0.0852. The van der Waals surface area contributed by atoms with Gasteiger partial charge >= 0.3 is 0 Å². The maximum Gasteiger partial charge on any atom is 0.265 e. The van der Waals surface area contributed by atoms with Gasteiger partial charge in [-0.05, 0) is 64.3 Å². The predicted molar refractivity (Wildman–Crippen MR) is 99.7 cm³/mol. The zero-order valence-electron chi connectivity index (χ0n) is 14.7. The Labute approximate surface area is 152 Å². The summed E-state index contributed by atoms with van der Waals surface area (Å²) in [7, 11) is -3.71. The summed E-state index contributed by atoms with van der Waals surface area (Å²) in [4.78, 5) is 5.84. The fourth-order valence-electron chi connectivity index (χ4n) is 2.56. The molecule has 0 heterocycles. The highest BCUT2D eigenvalue weighted by Crippen LogP contribution is 2.25. The van der Waals surface area contributed by atoms with Crippen molar-refractivity contribution in [1.29, 1.82) is 0 Å². The fraction of sp³-hybridized carbons (Fsp3) is 0.625. The zero-order chi connectivity index (χ0) is 17.5. The van der Waals surface area contributed by atoms with Gasteiger partial charge in [-0.25, -0.2) is 8.42 Å². The Hall–Kier alpha value is -0.700. The van der Waals surface area contributed by atoms with Gasteiger partial charge in [0, 0.05) is 6.54 Å². The van der Waals surface area contributed by atoms with E-state index in [0.29, 0.717) is 30.8 Å². The Bertz CT molecular complexity index is 576. The minimum absolute atomic E-state index is 0. The predicted octanol–water partition coefficient (Wildman–Crippen LogP) is 2.04. The van der Waals surface area contributed by atoms with Gasteiger partial charge in [0.05, 0.1) is 11.5 Å². The lowest BCUT2D eigenvalue weighted by Crippen LogP contribution is -2.34. The minimum Gasteiger partial charge on any atom is -0.330 e. The summed E-state index contributed by atoms with van der Waals surface area (Å²) in [5.41, 5.74) is 13.5. The summed E-state index contributed by atoms with van der Waals surface area (Å²) in [5, 5.41) is 0. The van der Waals surface area contributed by atoms with E-state index in [0.717, 1.165) is 27.6 Å². The van der Waals surface area contributed by atoms with Crippen LogP contribution in [0.5, 0.6) is 0 Å². The third kappa shape index (κ3) is 6.31. The summed E-state index contributed by atoms with van der Waals surface area (Å²) >= 11 is 0. The minimum atomic E-state index is -3.71. The summed E-state index contributed by atoms with van der Waals surface area (Å²) in [6.45, 7) is 7.13. The molecule has 0 saturated carbocycles. The highest BCUT2D eigenvalue weighted by molar-refractivity contribution is 7.89. The number of nitrogens with two attached hydrogens (primary N) is 2. The van der Waals surface area contributed by atoms with Crippen LogP contribution in [0.1, 0.15) is 36.0 Å². The van der Waals surface area contributed by atoms with Gasteiger partial charge in [0.1, 0.15) is 0 Å². The summed E-state index contributed by atoms with van der Waals surface area (Å²) < 4.78 is 27.1. The second-order valence-corrected chi connectivity index (χ2v) is 7.50. The van der Waals surface area contributed by atoms with E-state index in [9.17, 15) is 8.42 Å². The number of halogens is 1. The number of aryl methyl sites for hydroxylation is 3. The van der Waals surface area contributed by atoms with E-state index in [-0.39, 0.29) is 25.6 Å². The molecule has 8 heteroatoms. The van der Waals surface area contributed by atoms with Crippen LogP contribution < -0.4 is 11.5 Å². The Morgan fingerprint density at radius 3 is 2.04 bits per heavy atom. The van der Waals surface area contributed by atoms with Crippen molar-refractivity contribution < 1.29 is 13.3 Å². The average Bonchev–Trinajstić information content (AvgIpc) is 2.44. The van der Waals surface area contributed by atoms with Gasteiger partial charge in [-0.1, -0.05) is 22.2 Å². The number of hydrogen-bond acceptors (Lipinski definition) is 5. The molecule has 0 fully saturated rings. The maximum atomic E-state index is 13.0. The first-order chi connectivity index (χ1) is 10.8. The molecule has 0 atom stereocenters. The normalized spacial score (nSPS) is 11.6. The van der Waals surface area contributed by atoms with E-state index in [1.54, 1.807) is 0 Å². The van der Waals surface area contributed by atoms with Crippen LogP contribution in [-0.4, -0.2) is 39.1 Å². The third-order valence-electron chi connectivity index (χ3n) is 3.51. The van der Waals surface area contributed by atoms with Crippen molar-refractivity contribution in [2.75, 3.05) is 26.2 Å². The molecule has 1 rings (SSSR count). The van der Waals surface area contributed by atoms with Crippen LogP contribution in [0.25, 0.3) is 0 Å². The van der Waals surface area contributed by atoms with E-state index in [1.807, 2.05) is 32.9 Å². The van der Waals surface area contributed by atoms with Crippen LogP contribution in [0.4, 0.5) is 0 Å². The van der Waals surface area contributed by atoms with E-state index >= 15 is 0 Å². The van der Waals surface area contributed by atoms with Gasteiger partial charge in [0.15, 0.2) is 0 Å². The van der Waals surface area contributed by atoms with Gasteiger partial charge in [-0.2, -0.15) is 0 Å². The van der Waals surface area contributed by atoms with Crippen LogP contribution in [0.3, 0.4) is 0 Å². The zero-order valence-corrected chi connectivity index (χ0v) is 16.4. The van der Waals surface area contributed by atoms with Crippen molar-refractivity contribution in [3.8, 4) is 0 Å². The molecule has 0 aromatic heterocycles. The number of rotatable bonds is 10. The first-order valence-corrected chi connectivity index (χ1v) is 9.42. The molecule has 0 bridgehead atoms. The molecule has 0 aliphatic rings. The van der Waals surface area contributed by atoms with Crippen LogP contribution in [0.15, 0.2) is 17.0 Å². The molecule has 1 aromatic rings. The third-order valence-corrected chi connectivity index (χ3v) is 5.49. The molecule has 4 N–H and O–H groups in total. The quantitative estimate of drug-likeness (QED) is 0.478. The van der Waals surface area contributed by atoms with Crippen molar-refractivity contribution in [1.82, 2.24) is 4.47 Å². The molecule has 6 nitrogen and oxygen atoms in total. The van der Waals surface area contributed by atoms with E-state index in [1.165, 1.54) is 0 Å². The van der Waals surface area contributed by atoms with Crippen molar-refractivity contribution in [2.45, 2.75) is 44.9 Å². The molecule has 0 aliphatic heterocycles. The van der Waals surface area contributed by atoms with E-state index in [4.69, 9.17) is 16.3 Å². The highest BCUT2D eigenvalue weighted by atomic mass is 35.5. The number of nitrogens with zero attached hydrogens (tertiary/aromatic N) is 1. The fourth-order valence-corrected chi connectivity index (χ4v) is 4.28. The van der Waals surface area contributed by atoms with Gasteiger partial charge < -0.3 is 11.5 Å². The Morgan fingerprint density at radius 2 is 1.54 bits per heavy atom. The standard InChI is InChI=1S/C16H29N3O3S.ClH/c1-13-11-14(2)16(15(3)12-13)23(20,21)19(9-5-4-7-17)22-10-6-8-18;/h11-12H,4-10,17-18H2,1-3H3;1H. The Balaban J connectivity index is 0.00000529. The number of hydrogen-bond donors (Lipinski definition) is 2. The van der Waals surface area contributed by atoms with Crippen molar-refractivity contribution in [3.05, 3.63) is 28.8 Å². The van der Waals surface area contributed by atoms with Crippen molar-refractivity contribution in [3.63, 3.8) is 0 Å². The van der Waals surface area contributed by atoms with Crippen LogP contribution in [0, 0.1) is 20.8 Å². The Morgan fingerprint density at radius 1 is 1.00 bits per heavy atom. The van der Waals surface area contributed by atoms with Crippen molar-refractivity contribution >= 4 is 22.4 Å². The SMILES string of the molecule is Cc1cc(C)c(S(=O)(=O)N(CCCCN)OCCCN)c(C)c1.Cl. The van der Waals surface area contributed by atoms with Gasteiger partial charge in [-0.15, -0.1) is 12.4 Å². The second kappa shape index (κ2) is 11.0. The number of unbranched alkanes of at least 4 members (excludes halogenated alkanes) is 1. The molecule has 0 saturated heterocycles. The number of benzene rings is 1. The topological polar surface area (TPSA) is 98.7 Å². The molecule has 1 aromatic carbocycles. The van der Waals surface area contributed by atoms with Crippen LogP contribution in [-0.2, 0) is 14.9 Å². The second-order valence-electron chi connectivity index (χ2n) is 5.73. The van der Waals surface area contributed by atoms with Gasteiger partial charge in [0.2, 0.25) is 0 Å². The van der Waals surface area contributed by atoms with E-state index < -0.39 is 10.0 Å². The van der Waals surface area contributed by atoms with E-state index in [2.05, 4.69) is 0 Å². The lowest BCUT2D eigenvalue weighted by atomic mass is 10.1. The molecule has 0 spiro atoms. The molecular weight excluding hydrogens is 350 g/mol. The molecule has 0 amide bonds. The van der Waals surface area contributed by atoms with Crippen LogP contribution >= 0.6 is 12.4 Å². The smallest absolute Gasteiger partial charge is 0.265 e. The van der Waals surface area contributed by atoms with Crippen LogP contribution in [0.2, 0.25) is 0 Å². The maximum absolute atomic E-state index is 13.0. The molecule has 0 aliphatic carbocycles. The largest absolute Gasteiger partial charge is 0.330 e. The molecule has 0 unspecified atom stereocenters. The molecule has 140 valence electrons. The number of hydroxylamine groups is 1. The summed E-state index contributed by atoms with van der Waals surface area (Å²) in [5.74, 6) is 0. The lowest BCUT2D eigenvalue weighted by Gasteiger charge is -2.23. The van der Waals surface area contributed by atoms with Gasteiger partial charge in [0.25, 0.3) is 10.0 Å². The molecular formula is C16H30ClN3O3S. The molecule has 24 heavy (non-hydrogen) atoms. The summed E-state index contributed by atoms with van der Waals surface area (Å²) in [6, 6.07) is 3.75. The van der Waals surface area contributed by atoms with Gasteiger partial charge in [-0.3, -0.25) is 4.84 Å². The molecule has 0 radical (unpaired) electrons. The average molecular weight is 380 g/mol. The number of sulfonamides is 1.